The second-order valence-electron chi connectivity index (χ2n) is 3.17. The van der Waals surface area contributed by atoms with Crippen molar-refractivity contribution >= 4 is 5.97 Å². The highest BCUT2D eigenvalue weighted by Crippen LogP contribution is 2.29. The van der Waals surface area contributed by atoms with E-state index >= 15 is 0 Å². The molecule has 3 nitrogen and oxygen atoms in total. The van der Waals surface area contributed by atoms with Crippen LogP contribution in [-0.2, 0) is 9.53 Å². The molecule has 2 atom stereocenters. The van der Waals surface area contributed by atoms with Gasteiger partial charge in [-0.2, -0.15) is 0 Å². The van der Waals surface area contributed by atoms with Crippen LogP contribution in [0.3, 0.4) is 0 Å². The van der Waals surface area contributed by atoms with Crippen molar-refractivity contribution in [3.05, 3.63) is 12.2 Å². The number of aliphatic hydroxyl groups excluding tert-OH is 1. The molecule has 1 N–H and O–H groups in total. The number of aliphatic hydroxyl groups is 1. The number of carbonyl (C=O) groups is 1. The Morgan fingerprint density at radius 1 is 1.75 bits per heavy atom. The minimum absolute atomic E-state index is 0.156. The monoisotopic (exact) mass is 170 g/mol. The summed E-state index contributed by atoms with van der Waals surface area (Å²) in [5.74, 6) is -0.118. The van der Waals surface area contributed by atoms with Gasteiger partial charge in [-0.25, -0.2) is 0 Å². The van der Waals surface area contributed by atoms with Gasteiger partial charge in [0.25, 0.3) is 0 Å². The first-order chi connectivity index (χ1) is 5.61. The summed E-state index contributed by atoms with van der Waals surface area (Å²) in [4.78, 5) is 10.5. The third kappa shape index (κ3) is 2.08. The van der Waals surface area contributed by atoms with E-state index in [0.29, 0.717) is 6.61 Å². The third-order valence-electron chi connectivity index (χ3n) is 2.23. The van der Waals surface area contributed by atoms with Gasteiger partial charge < -0.3 is 9.84 Å². The lowest BCUT2D eigenvalue weighted by Crippen LogP contribution is -2.13. The zero-order valence-corrected chi connectivity index (χ0v) is 7.25. The zero-order valence-electron chi connectivity index (χ0n) is 7.25. The lowest BCUT2D eigenvalue weighted by Gasteiger charge is -2.11. The van der Waals surface area contributed by atoms with E-state index < -0.39 is 6.10 Å². The minimum Gasteiger partial charge on any atom is -0.465 e. The maximum Gasteiger partial charge on any atom is 0.302 e. The first-order valence-electron chi connectivity index (χ1n) is 4.11. The number of rotatable bonds is 2. The van der Waals surface area contributed by atoms with Crippen LogP contribution < -0.4 is 0 Å². The van der Waals surface area contributed by atoms with Crippen molar-refractivity contribution < 1.29 is 14.6 Å². The van der Waals surface area contributed by atoms with Crippen molar-refractivity contribution in [2.45, 2.75) is 25.9 Å². The second-order valence-corrected chi connectivity index (χ2v) is 3.17. The summed E-state index contributed by atoms with van der Waals surface area (Å²) in [5, 5.41) is 9.29. The molecule has 0 aliphatic heterocycles. The smallest absolute Gasteiger partial charge is 0.302 e. The predicted molar refractivity (Wildman–Crippen MR) is 44.5 cm³/mol. The van der Waals surface area contributed by atoms with E-state index in [1.807, 2.05) is 0 Å². The molecule has 0 bridgehead atoms. The van der Waals surface area contributed by atoms with Crippen LogP contribution in [-0.4, -0.2) is 23.8 Å². The molecule has 0 saturated heterocycles. The third-order valence-corrected chi connectivity index (χ3v) is 2.23. The van der Waals surface area contributed by atoms with Gasteiger partial charge in [0, 0.05) is 12.8 Å². The number of carbonyl (C=O) groups excluding carboxylic acids is 1. The van der Waals surface area contributed by atoms with Gasteiger partial charge in [-0.05, 0) is 18.4 Å². The van der Waals surface area contributed by atoms with Crippen LogP contribution in [0.4, 0.5) is 0 Å². The van der Waals surface area contributed by atoms with Crippen molar-refractivity contribution in [3.8, 4) is 0 Å². The average molecular weight is 170 g/mol. The number of ether oxygens (including phenoxy) is 1. The molecule has 68 valence electrons. The largest absolute Gasteiger partial charge is 0.465 e. The number of hydrogen-bond donors (Lipinski definition) is 1. The Kier molecular flexibility index (Phi) is 2.87. The SMILES string of the molecule is C=C1C(O)CCC1COC(C)=O. The van der Waals surface area contributed by atoms with Crippen LogP contribution >= 0.6 is 0 Å². The highest BCUT2D eigenvalue weighted by Gasteiger charge is 2.27. The molecular formula is C9H14O3. The molecule has 0 spiro atoms. The fourth-order valence-corrected chi connectivity index (χ4v) is 1.41. The second kappa shape index (κ2) is 3.72. The molecule has 1 aliphatic carbocycles. The van der Waals surface area contributed by atoms with Crippen molar-refractivity contribution in [3.63, 3.8) is 0 Å². The number of hydrogen-bond acceptors (Lipinski definition) is 3. The highest BCUT2D eigenvalue weighted by molar-refractivity contribution is 5.65. The van der Waals surface area contributed by atoms with E-state index in [0.717, 1.165) is 18.4 Å². The molecule has 1 rings (SSSR count). The Balaban J connectivity index is 2.34. The standard InChI is InChI=1S/C9H14O3/c1-6-8(3-4-9(6)11)5-12-7(2)10/h8-9,11H,1,3-5H2,2H3. The molecule has 0 amide bonds. The first-order valence-corrected chi connectivity index (χ1v) is 4.11. The zero-order chi connectivity index (χ0) is 9.14. The van der Waals surface area contributed by atoms with Crippen molar-refractivity contribution in [2.24, 2.45) is 5.92 Å². The predicted octanol–water partition coefficient (Wildman–Crippen LogP) is 0.877. The Bertz CT molecular complexity index is 198. The van der Waals surface area contributed by atoms with Crippen LogP contribution in [0.5, 0.6) is 0 Å². The van der Waals surface area contributed by atoms with Crippen LogP contribution in [0, 0.1) is 5.92 Å². The van der Waals surface area contributed by atoms with Gasteiger partial charge in [0.05, 0.1) is 12.7 Å². The van der Waals surface area contributed by atoms with Gasteiger partial charge >= 0.3 is 5.97 Å². The Labute approximate surface area is 72.0 Å². The molecule has 3 heteroatoms. The molecule has 0 heterocycles. The quantitative estimate of drug-likeness (QED) is 0.494. The van der Waals surface area contributed by atoms with Gasteiger partial charge in [0.15, 0.2) is 0 Å². The fourth-order valence-electron chi connectivity index (χ4n) is 1.41. The average Bonchev–Trinajstić information content (AvgIpc) is 2.30. The van der Waals surface area contributed by atoms with Gasteiger partial charge in [-0.1, -0.05) is 6.58 Å². The Morgan fingerprint density at radius 2 is 2.42 bits per heavy atom. The minimum atomic E-state index is -0.398. The summed E-state index contributed by atoms with van der Waals surface area (Å²) in [6.07, 6.45) is 1.21. The van der Waals surface area contributed by atoms with E-state index in [1.54, 1.807) is 0 Å². The molecule has 1 aliphatic rings. The first kappa shape index (κ1) is 9.26. The summed E-state index contributed by atoms with van der Waals surface area (Å²) in [7, 11) is 0. The molecule has 12 heavy (non-hydrogen) atoms. The maximum absolute atomic E-state index is 10.5. The van der Waals surface area contributed by atoms with E-state index in [4.69, 9.17) is 4.74 Å². The molecule has 0 aromatic carbocycles. The molecule has 0 aromatic heterocycles. The molecule has 0 aromatic rings. The van der Waals surface area contributed by atoms with Gasteiger partial charge in [-0.15, -0.1) is 0 Å². The summed E-state index contributed by atoms with van der Waals surface area (Å²) in [6.45, 7) is 5.50. The Morgan fingerprint density at radius 3 is 2.83 bits per heavy atom. The van der Waals surface area contributed by atoms with Gasteiger partial charge in [-0.3, -0.25) is 4.79 Å². The Hall–Kier alpha value is -0.830. The highest BCUT2D eigenvalue weighted by atomic mass is 16.5. The van der Waals surface area contributed by atoms with Crippen molar-refractivity contribution in [1.29, 1.82) is 0 Å². The fraction of sp³-hybridized carbons (Fsp3) is 0.667. The van der Waals surface area contributed by atoms with Gasteiger partial charge in [0.1, 0.15) is 0 Å². The lowest BCUT2D eigenvalue weighted by atomic mass is 10.1. The van der Waals surface area contributed by atoms with Crippen molar-refractivity contribution in [2.75, 3.05) is 6.61 Å². The maximum atomic E-state index is 10.5. The van der Waals surface area contributed by atoms with Gasteiger partial charge in [0.2, 0.25) is 0 Å². The van der Waals surface area contributed by atoms with E-state index in [9.17, 15) is 9.90 Å². The van der Waals surface area contributed by atoms with E-state index in [2.05, 4.69) is 6.58 Å². The number of esters is 1. The van der Waals surface area contributed by atoms with Crippen molar-refractivity contribution in [1.82, 2.24) is 0 Å². The summed E-state index contributed by atoms with van der Waals surface area (Å²) >= 11 is 0. The van der Waals surface area contributed by atoms with Crippen LogP contribution in [0.2, 0.25) is 0 Å². The van der Waals surface area contributed by atoms with Crippen LogP contribution in [0.25, 0.3) is 0 Å². The molecule has 1 fully saturated rings. The van der Waals surface area contributed by atoms with Crippen LogP contribution in [0.15, 0.2) is 12.2 Å². The molecule has 2 unspecified atom stereocenters. The molecule has 1 saturated carbocycles. The van der Waals surface area contributed by atoms with E-state index in [1.165, 1.54) is 6.92 Å². The summed E-state index contributed by atoms with van der Waals surface area (Å²) in [6, 6.07) is 0. The summed E-state index contributed by atoms with van der Waals surface area (Å²) < 4.78 is 4.83. The topological polar surface area (TPSA) is 46.5 Å². The molecular weight excluding hydrogens is 156 g/mol. The van der Waals surface area contributed by atoms with E-state index in [-0.39, 0.29) is 11.9 Å². The van der Waals surface area contributed by atoms with Crippen LogP contribution in [0.1, 0.15) is 19.8 Å². The summed E-state index contributed by atoms with van der Waals surface area (Å²) in [5.41, 5.74) is 0.802. The normalized spacial score (nSPS) is 29.0. The lowest BCUT2D eigenvalue weighted by molar-refractivity contribution is -0.141. The molecule has 0 radical (unpaired) electrons.